The van der Waals surface area contributed by atoms with Crippen LogP contribution in [0.4, 0.5) is 5.82 Å². The molecule has 1 aromatic carbocycles. The van der Waals surface area contributed by atoms with E-state index in [-0.39, 0.29) is 5.69 Å². The highest BCUT2D eigenvalue weighted by Crippen LogP contribution is 2.24. The van der Waals surface area contributed by atoms with E-state index in [4.69, 9.17) is 23.1 Å². The minimum absolute atomic E-state index is 0.126. The van der Waals surface area contributed by atoms with E-state index in [1.54, 1.807) is 18.3 Å². The molecule has 1 unspecified atom stereocenters. The van der Waals surface area contributed by atoms with E-state index in [0.717, 1.165) is 5.56 Å². The van der Waals surface area contributed by atoms with Gasteiger partial charge in [0, 0.05) is 31.2 Å². The summed E-state index contributed by atoms with van der Waals surface area (Å²) < 4.78 is 0. The van der Waals surface area contributed by atoms with Gasteiger partial charge in [0.15, 0.2) is 0 Å². The summed E-state index contributed by atoms with van der Waals surface area (Å²) in [6.45, 7) is 2.46. The fourth-order valence-electron chi connectivity index (χ4n) is 3.04. The molecule has 2 aromatic rings. The summed E-state index contributed by atoms with van der Waals surface area (Å²) in [5, 5.41) is 0.606. The van der Waals surface area contributed by atoms with E-state index in [1.165, 1.54) is 6.20 Å². The SMILES string of the molecule is NC(=O)c1cncc(N2CCN(C(C(N)=O)c3ccc(Cl)cc3)CC2)n1. The van der Waals surface area contributed by atoms with Crippen molar-refractivity contribution in [3.63, 3.8) is 0 Å². The van der Waals surface area contributed by atoms with Crippen LogP contribution in [0.1, 0.15) is 22.1 Å². The van der Waals surface area contributed by atoms with Crippen molar-refractivity contribution in [1.82, 2.24) is 14.9 Å². The fraction of sp³-hybridized carbons (Fsp3) is 0.294. The first-order chi connectivity index (χ1) is 12.5. The molecule has 136 valence electrons. The zero-order valence-corrected chi connectivity index (χ0v) is 14.8. The maximum absolute atomic E-state index is 12.0. The van der Waals surface area contributed by atoms with E-state index >= 15 is 0 Å². The van der Waals surface area contributed by atoms with Crippen molar-refractivity contribution < 1.29 is 9.59 Å². The first-order valence-electron chi connectivity index (χ1n) is 8.11. The summed E-state index contributed by atoms with van der Waals surface area (Å²) in [6.07, 6.45) is 2.93. The van der Waals surface area contributed by atoms with Gasteiger partial charge in [0.25, 0.3) is 5.91 Å². The van der Waals surface area contributed by atoms with Gasteiger partial charge in [-0.05, 0) is 17.7 Å². The lowest BCUT2D eigenvalue weighted by atomic mass is 10.0. The average Bonchev–Trinajstić information content (AvgIpc) is 2.64. The minimum Gasteiger partial charge on any atom is -0.368 e. The third kappa shape index (κ3) is 3.92. The largest absolute Gasteiger partial charge is 0.368 e. The van der Waals surface area contributed by atoms with Gasteiger partial charge in [-0.3, -0.25) is 19.5 Å². The van der Waals surface area contributed by atoms with E-state index in [1.807, 2.05) is 21.9 Å². The minimum atomic E-state index is -0.616. The molecule has 0 radical (unpaired) electrons. The number of nitrogens with two attached hydrogens (primary N) is 2. The molecule has 0 saturated carbocycles. The Morgan fingerprint density at radius 3 is 2.27 bits per heavy atom. The van der Waals surface area contributed by atoms with Crippen molar-refractivity contribution >= 4 is 29.2 Å². The normalized spacial score (nSPS) is 16.3. The molecule has 8 nitrogen and oxygen atoms in total. The molecule has 1 fully saturated rings. The van der Waals surface area contributed by atoms with Gasteiger partial charge < -0.3 is 16.4 Å². The number of carbonyl (C=O) groups is 2. The van der Waals surface area contributed by atoms with Crippen LogP contribution >= 0.6 is 11.6 Å². The maximum Gasteiger partial charge on any atom is 0.268 e. The number of hydrogen-bond donors (Lipinski definition) is 2. The lowest BCUT2D eigenvalue weighted by molar-refractivity contribution is -0.123. The number of rotatable bonds is 5. The molecule has 0 aliphatic carbocycles. The van der Waals surface area contributed by atoms with Crippen LogP contribution in [0.3, 0.4) is 0 Å². The van der Waals surface area contributed by atoms with Crippen LogP contribution in [-0.4, -0.2) is 52.9 Å². The molecule has 4 N–H and O–H groups in total. The van der Waals surface area contributed by atoms with Gasteiger partial charge in [0.2, 0.25) is 5.91 Å². The number of primary amides is 2. The summed E-state index contributed by atoms with van der Waals surface area (Å²) in [4.78, 5) is 35.5. The lowest BCUT2D eigenvalue weighted by Gasteiger charge is -2.38. The Labute approximate surface area is 155 Å². The molecular formula is C17H19ClN6O2. The number of halogens is 1. The topological polar surface area (TPSA) is 118 Å². The second kappa shape index (κ2) is 7.67. The Kier molecular flexibility index (Phi) is 5.34. The first kappa shape index (κ1) is 18.1. The van der Waals surface area contributed by atoms with Crippen LogP contribution in [-0.2, 0) is 4.79 Å². The molecule has 1 saturated heterocycles. The summed E-state index contributed by atoms with van der Waals surface area (Å²) in [6, 6.07) is 6.59. The summed E-state index contributed by atoms with van der Waals surface area (Å²) >= 11 is 5.92. The van der Waals surface area contributed by atoms with Crippen molar-refractivity contribution in [3.05, 3.63) is 52.9 Å². The van der Waals surface area contributed by atoms with Gasteiger partial charge in [0.05, 0.1) is 12.4 Å². The van der Waals surface area contributed by atoms with E-state index in [2.05, 4.69) is 9.97 Å². The van der Waals surface area contributed by atoms with Gasteiger partial charge in [-0.2, -0.15) is 0 Å². The molecule has 0 bridgehead atoms. The van der Waals surface area contributed by atoms with Crippen molar-refractivity contribution in [2.75, 3.05) is 31.1 Å². The third-order valence-electron chi connectivity index (χ3n) is 4.33. The van der Waals surface area contributed by atoms with Crippen molar-refractivity contribution in [2.24, 2.45) is 11.5 Å². The summed E-state index contributed by atoms with van der Waals surface area (Å²) in [5.74, 6) is -0.436. The molecule has 26 heavy (non-hydrogen) atoms. The molecule has 1 aromatic heterocycles. The second-order valence-corrected chi connectivity index (χ2v) is 6.44. The first-order valence-corrected chi connectivity index (χ1v) is 8.49. The summed E-state index contributed by atoms with van der Waals surface area (Å²) in [5.41, 5.74) is 11.8. The van der Waals surface area contributed by atoms with Crippen molar-refractivity contribution in [2.45, 2.75) is 6.04 Å². The number of anilines is 1. The van der Waals surface area contributed by atoms with Crippen molar-refractivity contribution in [1.29, 1.82) is 0 Å². The van der Waals surface area contributed by atoms with Crippen LogP contribution in [0.15, 0.2) is 36.7 Å². The van der Waals surface area contributed by atoms with Gasteiger partial charge >= 0.3 is 0 Å². The van der Waals surface area contributed by atoms with Gasteiger partial charge in [0.1, 0.15) is 17.6 Å². The molecule has 2 amide bonds. The highest BCUT2D eigenvalue weighted by atomic mass is 35.5. The molecule has 1 aliphatic heterocycles. The van der Waals surface area contributed by atoms with Gasteiger partial charge in [-0.15, -0.1) is 0 Å². The Bertz CT molecular complexity index is 805. The molecule has 3 rings (SSSR count). The second-order valence-electron chi connectivity index (χ2n) is 6.01. The number of nitrogens with zero attached hydrogens (tertiary/aromatic N) is 4. The van der Waals surface area contributed by atoms with E-state index < -0.39 is 17.9 Å². The van der Waals surface area contributed by atoms with Crippen LogP contribution < -0.4 is 16.4 Å². The smallest absolute Gasteiger partial charge is 0.268 e. The van der Waals surface area contributed by atoms with Gasteiger partial charge in [-0.25, -0.2) is 4.98 Å². The number of aromatic nitrogens is 2. The Hall–Kier alpha value is -2.71. The number of hydrogen-bond acceptors (Lipinski definition) is 6. The maximum atomic E-state index is 12.0. The zero-order valence-electron chi connectivity index (χ0n) is 14.0. The third-order valence-corrected chi connectivity index (χ3v) is 4.58. The Morgan fingerprint density at radius 1 is 1.04 bits per heavy atom. The van der Waals surface area contributed by atoms with Crippen LogP contribution in [0, 0.1) is 0 Å². The molecule has 1 atom stereocenters. The average molecular weight is 375 g/mol. The molecule has 9 heteroatoms. The number of piperazine rings is 1. The van der Waals surface area contributed by atoms with E-state index in [0.29, 0.717) is 37.0 Å². The number of benzene rings is 1. The Morgan fingerprint density at radius 2 is 1.69 bits per heavy atom. The highest BCUT2D eigenvalue weighted by molar-refractivity contribution is 6.30. The van der Waals surface area contributed by atoms with Crippen molar-refractivity contribution in [3.8, 4) is 0 Å². The predicted molar refractivity (Wildman–Crippen MR) is 97.7 cm³/mol. The van der Waals surface area contributed by atoms with E-state index in [9.17, 15) is 9.59 Å². The molecule has 0 spiro atoms. The predicted octanol–water partition coefficient (Wildman–Crippen LogP) is 0.578. The molecular weight excluding hydrogens is 356 g/mol. The summed E-state index contributed by atoms with van der Waals surface area (Å²) in [7, 11) is 0. The Balaban J connectivity index is 1.72. The number of carbonyl (C=O) groups excluding carboxylic acids is 2. The monoisotopic (exact) mass is 374 g/mol. The zero-order chi connectivity index (χ0) is 18.7. The quantitative estimate of drug-likeness (QED) is 0.790. The standard InChI is InChI=1S/C17H19ClN6O2/c18-12-3-1-11(2-4-12)15(17(20)26)24-7-5-23(6-8-24)14-10-21-9-13(22-14)16(19)25/h1-4,9-10,15H,5-8H2,(H2,19,25)(H2,20,26). The molecule has 2 heterocycles. The number of amides is 2. The van der Waals surface area contributed by atoms with Crippen LogP contribution in [0.5, 0.6) is 0 Å². The lowest BCUT2D eigenvalue weighted by Crippen LogP contribution is -2.50. The van der Waals surface area contributed by atoms with Crippen LogP contribution in [0.2, 0.25) is 5.02 Å². The van der Waals surface area contributed by atoms with Crippen LogP contribution in [0.25, 0.3) is 0 Å². The molecule has 1 aliphatic rings. The fourth-order valence-corrected chi connectivity index (χ4v) is 3.16. The van der Waals surface area contributed by atoms with Gasteiger partial charge in [-0.1, -0.05) is 23.7 Å². The highest BCUT2D eigenvalue weighted by Gasteiger charge is 2.29.